The number of halogens is 3. The SMILES string of the molecule is CN(N=O)C(N)=O.O=C(O)C(F)(F)F. The highest BCUT2D eigenvalue weighted by atomic mass is 19.4. The molecule has 0 atom stereocenters. The van der Waals surface area contributed by atoms with Crippen molar-refractivity contribution in [2.45, 2.75) is 6.18 Å². The molecule has 0 unspecified atom stereocenters. The van der Waals surface area contributed by atoms with Gasteiger partial charge < -0.3 is 10.8 Å². The molecule has 0 spiro atoms. The molecule has 0 rings (SSSR count). The van der Waals surface area contributed by atoms with Crippen LogP contribution in [0.4, 0.5) is 18.0 Å². The standard InChI is InChI=1S/C2HF3O2.C2H5N3O2/c3-2(4,5)1(6)7;1-5(4-7)2(3)6/h(H,6,7);1H3,(H2,3,6). The van der Waals surface area contributed by atoms with Gasteiger partial charge in [-0.1, -0.05) is 0 Å². The molecule has 0 saturated carbocycles. The van der Waals surface area contributed by atoms with Crippen molar-refractivity contribution >= 4 is 12.0 Å². The van der Waals surface area contributed by atoms with Crippen LogP contribution in [0.1, 0.15) is 0 Å². The van der Waals surface area contributed by atoms with Crippen molar-refractivity contribution in [3.05, 3.63) is 4.91 Å². The van der Waals surface area contributed by atoms with Crippen LogP contribution in [-0.4, -0.2) is 35.3 Å². The molecule has 10 heteroatoms. The van der Waals surface area contributed by atoms with Gasteiger partial charge in [-0.15, -0.1) is 4.91 Å². The molecule has 0 saturated heterocycles. The van der Waals surface area contributed by atoms with Gasteiger partial charge in [-0.3, -0.25) is 0 Å². The summed E-state index contributed by atoms with van der Waals surface area (Å²) in [5.74, 6) is -2.76. The van der Waals surface area contributed by atoms with Gasteiger partial charge in [-0.05, 0) is 0 Å². The lowest BCUT2D eigenvalue weighted by atomic mass is 10.7. The molecule has 0 aliphatic rings. The summed E-state index contributed by atoms with van der Waals surface area (Å²) in [5, 5.41) is 9.82. The summed E-state index contributed by atoms with van der Waals surface area (Å²) in [6.45, 7) is 0. The monoisotopic (exact) mass is 217 g/mol. The van der Waals surface area contributed by atoms with Crippen molar-refractivity contribution in [2.75, 3.05) is 7.05 Å². The second-order valence-electron chi connectivity index (χ2n) is 1.75. The number of rotatable bonds is 1. The first-order chi connectivity index (χ1) is 6.12. The minimum atomic E-state index is -5.08. The highest BCUT2D eigenvalue weighted by Crippen LogP contribution is 2.13. The summed E-state index contributed by atoms with van der Waals surface area (Å²) in [7, 11) is 1.18. The Labute approximate surface area is 75.2 Å². The van der Waals surface area contributed by atoms with E-state index in [0.717, 1.165) is 0 Å². The molecule has 0 heterocycles. The summed E-state index contributed by atoms with van der Waals surface area (Å²) < 4.78 is 31.7. The maximum Gasteiger partial charge on any atom is 0.490 e. The topological polar surface area (TPSA) is 113 Å². The largest absolute Gasteiger partial charge is 0.490 e. The number of aliphatic carboxylic acids is 1. The molecule has 0 aromatic heterocycles. The number of nitrogens with two attached hydrogens (primary N) is 1. The van der Waals surface area contributed by atoms with Gasteiger partial charge in [0.15, 0.2) is 0 Å². The molecule has 0 aromatic carbocycles. The fourth-order valence-electron chi connectivity index (χ4n) is 0.0402. The molecule has 7 nitrogen and oxygen atoms in total. The Morgan fingerprint density at radius 2 is 1.71 bits per heavy atom. The molecular formula is C4H6F3N3O4. The van der Waals surface area contributed by atoms with E-state index in [1.807, 2.05) is 0 Å². The van der Waals surface area contributed by atoms with E-state index in [1.165, 1.54) is 7.05 Å². The van der Waals surface area contributed by atoms with Crippen molar-refractivity contribution < 1.29 is 27.9 Å². The highest BCUT2D eigenvalue weighted by Gasteiger charge is 2.38. The first kappa shape index (κ1) is 14.6. The van der Waals surface area contributed by atoms with Crippen LogP contribution in [0.15, 0.2) is 5.29 Å². The number of urea groups is 1. The number of hydrogen-bond acceptors (Lipinski definition) is 4. The van der Waals surface area contributed by atoms with Crippen LogP contribution in [-0.2, 0) is 4.79 Å². The number of carbonyl (C=O) groups is 2. The first-order valence-corrected chi connectivity index (χ1v) is 2.79. The lowest BCUT2D eigenvalue weighted by Crippen LogP contribution is -2.26. The van der Waals surface area contributed by atoms with Crippen LogP contribution < -0.4 is 5.73 Å². The summed E-state index contributed by atoms with van der Waals surface area (Å²) in [6.07, 6.45) is -5.08. The zero-order chi connectivity index (χ0) is 11.9. The van der Waals surface area contributed by atoms with Gasteiger partial charge >= 0.3 is 18.2 Å². The molecule has 0 aliphatic carbocycles. The van der Waals surface area contributed by atoms with E-state index in [4.69, 9.17) is 9.90 Å². The van der Waals surface area contributed by atoms with E-state index >= 15 is 0 Å². The normalized spacial score (nSPS) is 9.43. The zero-order valence-electron chi connectivity index (χ0n) is 6.78. The van der Waals surface area contributed by atoms with Gasteiger partial charge in [-0.25, -0.2) is 9.59 Å². The Bertz CT molecular complexity index is 228. The molecule has 0 fully saturated rings. The predicted octanol–water partition coefficient (Wildman–Crippen LogP) is 0.312. The van der Waals surface area contributed by atoms with E-state index in [2.05, 4.69) is 11.0 Å². The highest BCUT2D eigenvalue weighted by molar-refractivity contribution is 5.73. The fraction of sp³-hybridized carbons (Fsp3) is 0.500. The van der Waals surface area contributed by atoms with Crippen molar-refractivity contribution in [1.82, 2.24) is 5.01 Å². The number of hydrogen-bond donors (Lipinski definition) is 2. The summed E-state index contributed by atoms with van der Waals surface area (Å²) in [5.41, 5.74) is 4.54. The van der Waals surface area contributed by atoms with Crippen LogP contribution in [0.2, 0.25) is 0 Å². The number of carboxylic acids is 1. The second kappa shape index (κ2) is 5.72. The zero-order valence-corrected chi connectivity index (χ0v) is 6.78. The van der Waals surface area contributed by atoms with E-state index in [0.29, 0.717) is 5.01 Å². The fourth-order valence-corrected chi connectivity index (χ4v) is 0.0402. The van der Waals surface area contributed by atoms with Crippen LogP contribution >= 0.6 is 0 Å². The van der Waals surface area contributed by atoms with Crippen molar-refractivity contribution in [3.63, 3.8) is 0 Å². The average Bonchev–Trinajstić information content (AvgIpc) is 2.02. The minimum Gasteiger partial charge on any atom is -0.475 e. The third kappa shape index (κ3) is 8.23. The van der Waals surface area contributed by atoms with Gasteiger partial charge in [0, 0.05) is 7.05 Å². The third-order valence-corrected chi connectivity index (χ3v) is 0.684. The first-order valence-electron chi connectivity index (χ1n) is 2.79. The van der Waals surface area contributed by atoms with Crippen molar-refractivity contribution in [3.8, 4) is 0 Å². The van der Waals surface area contributed by atoms with Crippen LogP contribution in [0.5, 0.6) is 0 Å². The number of carboxylic acid groups (broad SMARTS) is 1. The summed E-state index contributed by atoms with van der Waals surface area (Å²) in [6, 6.07) is -0.852. The van der Waals surface area contributed by atoms with Crippen molar-refractivity contribution in [1.29, 1.82) is 0 Å². The Kier molecular flexibility index (Phi) is 5.98. The molecule has 14 heavy (non-hydrogen) atoms. The molecule has 0 aromatic rings. The van der Waals surface area contributed by atoms with Gasteiger partial charge in [0.1, 0.15) is 0 Å². The lowest BCUT2D eigenvalue weighted by Gasteiger charge is -1.97. The Balaban J connectivity index is 0. The van der Waals surface area contributed by atoms with Gasteiger partial charge in [0.2, 0.25) is 0 Å². The second-order valence-corrected chi connectivity index (χ2v) is 1.75. The smallest absolute Gasteiger partial charge is 0.475 e. The summed E-state index contributed by atoms with van der Waals surface area (Å²) >= 11 is 0. The summed E-state index contributed by atoms with van der Waals surface area (Å²) in [4.78, 5) is 28.0. The maximum atomic E-state index is 10.6. The Morgan fingerprint density at radius 1 is 1.43 bits per heavy atom. The number of primary amides is 1. The molecule has 2 amide bonds. The number of amides is 2. The lowest BCUT2D eigenvalue weighted by molar-refractivity contribution is -0.192. The molecule has 3 N–H and O–H groups in total. The number of carbonyl (C=O) groups excluding carboxylic acids is 1. The van der Waals surface area contributed by atoms with Crippen LogP contribution in [0.3, 0.4) is 0 Å². The molecule has 0 bridgehead atoms. The Hall–Kier alpha value is -1.87. The van der Waals surface area contributed by atoms with Crippen LogP contribution in [0.25, 0.3) is 0 Å². The maximum absolute atomic E-state index is 10.6. The minimum absolute atomic E-state index is 0.500. The molecule has 0 aliphatic heterocycles. The van der Waals surface area contributed by atoms with E-state index in [1.54, 1.807) is 0 Å². The van der Waals surface area contributed by atoms with Crippen molar-refractivity contribution in [2.24, 2.45) is 11.0 Å². The van der Waals surface area contributed by atoms with Gasteiger partial charge in [-0.2, -0.15) is 18.2 Å². The number of nitrogens with zero attached hydrogens (tertiary/aromatic N) is 2. The number of nitroso groups, excluding NO2 is 1. The predicted molar refractivity (Wildman–Crippen MR) is 36.8 cm³/mol. The quantitative estimate of drug-likeness (QED) is 0.486. The van der Waals surface area contributed by atoms with E-state index < -0.39 is 18.2 Å². The van der Waals surface area contributed by atoms with Gasteiger partial charge in [0.05, 0.1) is 5.29 Å². The van der Waals surface area contributed by atoms with E-state index in [9.17, 15) is 22.9 Å². The molecule has 0 radical (unpaired) electrons. The Morgan fingerprint density at radius 3 is 1.71 bits per heavy atom. The number of alkyl halides is 3. The van der Waals surface area contributed by atoms with Gasteiger partial charge in [0.25, 0.3) is 0 Å². The van der Waals surface area contributed by atoms with E-state index in [-0.39, 0.29) is 0 Å². The average molecular weight is 217 g/mol. The van der Waals surface area contributed by atoms with Crippen LogP contribution in [0, 0.1) is 4.91 Å². The molecular weight excluding hydrogens is 211 g/mol. The third-order valence-electron chi connectivity index (χ3n) is 0.684. The molecule has 82 valence electrons.